The van der Waals surface area contributed by atoms with Crippen LogP contribution >= 0.6 is 15.9 Å². The molecule has 2 aliphatic rings. The van der Waals surface area contributed by atoms with Gasteiger partial charge in [0.25, 0.3) is 5.91 Å². The van der Waals surface area contributed by atoms with E-state index < -0.39 is 0 Å². The molecule has 2 heterocycles. The normalized spacial score (nSPS) is 18.0. The maximum atomic E-state index is 13.4. The molecule has 0 bridgehead atoms. The van der Waals surface area contributed by atoms with E-state index in [2.05, 4.69) is 33.5 Å². The zero-order chi connectivity index (χ0) is 22.7. The Morgan fingerprint density at radius 1 is 1.22 bits per heavy atom. The van der Waals surface area contributed by atoms with Crippen LogP contribution in [0.25, 0.3) is 0 Å². The van der Waals surface area contributed by atoms with Crippen LogP contribution in [0, 0.1) is 0 Å². The predicted octanol–water partition coefficient (Wildman–Crippen LogP) is 3.62. The molecule has 0 saturated carbocycles. The molecule has 0 spiro atoms. The van der Waals surface area contributed by atoms with E-state index in [9.17, 15) is 14.4 Å². The molecule has 8 nitrogen and oxygen atoms in total. The average Bonchev–Trinajstić information content (AvgIpc) is 3.00. The number of carbonyl (C=O) groups is 3. The molecular weight excluding hydrogens is 476 g/mol. The molecule has 1 fully saturated rings. The highest BCUT2D eigenvalue weighted by Crippen LogP contribution is 2.32. The Morgan fingerprint density at radius 2 is 2.03 bits per heavy atom. The second-order valence-electron chi connectivity index (χ2n) is 7.86. The van der Waals surface area contributed by atoms with Gasteiger partial charge in [0, 0.05) is 24.7 Å². The van der Waals surface area contributed by atoms with Gasteiger partial charge in [0.2, 0.25) is 5.91 Å². The Labute approximate surface area is 195 Å². The van der Waals surface area contributed by atoms with Gasteiger partial charge < -0.3 is 20.3 Å². The quantitative estimate of drug-likeness (QED) is 0.466. The molecule has 2 aliphatic heterocycles. The van der Waals surface area contributed by atoms with Crippen molar-refractivity contribution in [3.63, 3.8) is 0 Å². The molecule has 0 radical (unpaired) electrons. The molecular formula is C23H25BrN4O4. The van der Waals surface area contributed by atoms with Gasteiger partial charge in [-0.1, -0.05) is 12.1 Å². The monoisotopic (exact) mass is 500 g/mol. The smallest absolute Gasteiger partial charge is 0.324 e. The second kappa shape index (κ2) is 9.60. The van der Waals surface area contributed by atoms with Crippen molar-refractivity contribution in [2.45, 2.75) is 25.8 Å². The lowest BCUT2D eigenvalue weighted by Gasteiger charge is -2.23. The number of ether oxygens (including phenoxy) is 1. The number of urea groups is 1. The molecule has 0 unspecified atom stereocenters. The Balaban J connectivity index is 1.44. The van der Waals surface area contributed by atoms with Gasteiger partial charge in [-0.05, 0) is 66.0 Å². The SMILES string of the molecule is C[C@H]1CCN(C(=O)c2ccc(Br)c(OCCCN3C(=O)CNC3=O)c2)c2ccccc2N1. The van der Waals surface area contributed by atoms with E-state index in [0.29, 0.717) is 30.9 Å². The highest BCUT2D eigenvalue weighted by molar-refractivity contribution is 9.10. The van der Waals surface area contributed by atoms with Crippen LogP contribution in [-0.4, -0.2) is 55.0 Å². The lowest BCUT2D eigenvalue weighted by atomic mass is 10.1. The largest absolute Gasteiger partial charge is 0.492 e. The lowest BCUT2D eigenvalue weighted by molar-refractivity contribution is -0.125. The van der Waals surface area contributed by atoms with Gasteiger partial charge in [0.15, 0.2) is 0 Å². The maximum absolute atomic E-state index is 13.4. The summed E-state index contributed by atoms with van der Waals surface area (Å²) in [4.78, 5) is 39.6. The molecule has 2 N–H and O–H groups in total. The topological polar surface area (TPSA) is 91.0 Å². The molecule has 2 aromatic carbocycles. The van der Waals surface area contributed by atoms with Gasteiger partial charge in [-0.15, -0.1) is 0 Å². The van der Waals surface area contributed by atoms with Gasteiger partial charge in [-0.25, -0.2) is 4.79 Å². The summed E-state index contributed by atoms with van der Waals surface area (Å²) in [6, 6.07) is 13.0. The number of para-hydroxylation sites is 2. The number of nitrogens with one attached hydrogen (secondary N) is 2. The van der Waals surface area contributed by atoms with Crippen molar-refractivity contribution in [3.05, 3.63) is 52.5 Å². The van der Waals surface area contributed by atoms with Crippen molar-refractivity contribution in [3.8, 4) is 5.75 Å². The summed E-state index contributed by atoms with van der Waals surface area (Å²) in [7, 11) is 0. The van der Waals surface area contributed by atoms with Crippen LogP contribution in [0.5, 0.6) is 5.75 Å². The zero-order valence-corrected chi connectivity index (χ0v) is 19.4. The van der Waals surface area contributed by atoms with E-state index >= 15 is 0 Å². The van der Waals surface area contributed by atoms with Crippen molar-refractivity contribution < 1.29 is 19.1 Å². The summed E-state index contributed by atoms with van der Waals surface area (Å²) in [6.07, 6.45) is 1.33. The Morgan fingerprint density at radius 3 is 2.81 bits per heavy atom. The Hall–Kier alpha value is -3.07. The van der Waals surface area contributed by atoms with Crippen LogP contribution in [0.15, 0.2) is 46.9 Å². The number of imide groups is 1. The summed E-state index contributed by atoms with van der Waals surface area (Å²) >= 11 is 3.47. The third-order valence-electron chi connectivity index (χ3n) is 5.53. The molecule has 1 atom stereocenters. The standard InChI is InChI=1S/C23H25BrN4O4/c1-15-9-11-27(19-6-3-2-5-18(19)26-15)22(30)16-7-8-17(24)20(13-16)32-12-4-10-28-21(29)14-25-23(28)31/h2-3,5-8,13,15,26H,4,9-12,14H2,1H3,(H,25,31)/t15-/m0/s1. The summed E-state index contributed by atoms with van der Waals surface area (Å²) in [5, 5.41) is 5.96. The van der Waals surface area contributed by atoms with Crippen LogP contribution in [0.1, 0.15) is 30.1 Å². The minimum atomic E-state index is -0.370. The molecule has 2 aromatic rings. The van der Waals surface area contributed by atoms with Crippen LogP contribution in [0.2, 0.25) is 0 Å². The van der Waals surface area contributed by atoms with E-state index in [0.717, 1.165) is 22.3 Å². The first-order chi connectivity index (χ1) is 15.4. The van der Waals surface area contributed by atoms with Crippen molar-refractivity contribution in [2.24, 2.45) is 0 Å². The number of carbonyl (C=O) groups excluding carboxylic acids is 3. The molecule has 4 amide bonds. The molecule has 0 aromatic heterocycles. The number of amides is 4. The summed E-state index contributed by atoms with van der Waals surface area (Å²) < 4.78 is 6.59. The van der Waals surface area contributed by atoms with Crippen molar-refractivity contribution in [1.82, 2.24) is 10.2 Å². The minimum absolute atomic E-state index is 0.0450. The molecule has 4 rings (SSSR count). The summed E-state index contributed by atoms with van der Waals surface area (Å²) in [5.74, 6) is 0.220. The van der Waals surface area contributed by atoms with Gasteiger partial charge in [-0.2, -0.15) is 0 Å². The van der Waals surface area contributed by atoms with Crippen LogP contribution < -0.4 is 20.3 Å². The first-order valence-electron chi connectivity index (χ1n) is 10.6. The fourth-order valence-electron chi connectivity index (χ4n) is 3.81. The molecule has 168 valence electrons. The third-order valence-corrected chi connectivity index (χ3v) is 6.18. The number of nitrogens with zero attached hydrogens (tertiary/aromatic N) is 2. The number of hydrogen-bond acceptors (Lipinski definition) is 5. The Bertz CT molecular complexity index is 1030. The van der Waals surface area contributed by atoms with Crippen molar-refractivity contribution in [2.75, 3.05) is 36.5 Å². The van der Waals surface area contributed by atoms with Crippen LogP contribution in [-0.2, 0) is 4.79 Å². The van der Waals surface area contributed by atoms with Crippen molar-refractivity contribution >= 4 is 45.2 Å². The van der Waals surface area contributed by atoms with E-state index in [1.807, 2.05) is 24.3 Å². The second-order valence-corrected chi connectivity index (χ2v) is 8.71. The highest BCUT2D eigenvalue weighted by atomic mass is 79.9. The molecule has 0 aliphatic carbocycles. The highest BCUT2D eigenvalue weighted by Gasteiger charge is 2.28. The number of hydrogen-bond donors (Lipinski definition) is 2. The van der Waals surface area contributed by atoms with Gasteiger partial charge in [0.1, 0.15) is 5.75 Å². The number of rotatable bonds is 6. The number of halogens is 1. The Kier molecular flexibility index (Phi) is 6.64. The predicted molar refractivity (Wildman–Crippen MR) is 125 cm³/mol. The van der Waals surface area contributed by atoms with E-state index in [1.54, 1.807) is 23.1 Å². The first kappa shape index (κ1) is 22.1. The lowest BCUT2D eigenvalue weighted by Crippen LogP contribution is -2.32. The average molecular weight is 501 g/mol. The first-order valence-corrected chi connectivity index (χ1v) is 11.4. The molecule has 9 heteroatoms. The fraction of sp³-hybridized carbons (Fsp3) is 0.348. The third kappa shape index (κ3) is 4.72. The van der Waals surface area contributed by atoms with E-state index in [1.165, 1.54) is 4.90 Å². The van der Waals surface area contributed by atoms with Crippen LogP contribution in [0.4, 0.5) is 16.2 Å². The fourth-order valence-corrected chi connectivity index (χ4v) is 4.17. The maximum Gasteiger partial charge on any atom is 0.324 e. The minimum Gasteiger partial charge on any atom is -0.492 e. The number of fused-ring (bicyclic) bond motifs is 1. The molecule has 32 heavy (non-hydrogen) atoms. The number of benzene rings is 2. The van der Waals surface area contributed by atoms with Gasteiger partial charge >= 0.3 is 6.03 Å². The van der Waals surface area contributed by atoms with E-state index in [4.69, 9.17) is 4.74 Å². The summed E-state index contributed by atoms with van der Waals surface area (Å²) in [6.45, 7) is 3.36. The summed E-state index contributed by atoms with van der Waals surface area (Å²) in [5.41, 5.74) is 2.34. The van der Waals surface area contributed by atoms with Crippen molar-refractivity contribution in [1.29, 1.82) is 0 Å². The number of anilines is 2. The zero-order valence-electron chi connectivity index (χ0n) is 17.8. The van der Waals surface area contributed by atoms with Gasteiger partial charge in [-0.3, -0.25) is 14.5 Å². The van der Waals surface area contributed by atoms with Gasteiger partial charge in [0.05, 0.1) is 29.0 Å². The molecule has 1 saturated heterocycles. The van der Waals surface area contributed by atoms with E-state index in [-0.39, 0.29) is 37.0 Å². The van der Waals surface area contributed by atoms with Crippen LogP contribution in [0.3, 0.4) is 0 Å².